The summed E-state index contributed by atoms with van der Waals surface area (Å²) in [5.41, 5.74) is -0.360. The molecule has 0 atom stereocenters. The third-order valence-electron chi connectivity index (χ3n) is 1.82. The summed E-state index contributed by atoms with van der Waals surface area (Å²) in [5, 5.41) is 0.765. The van der Waals surface area contributed by atoms with Gasteiger partial charge in [0.15, 0.2) is 32.5 Å². The molecule has 0 radical (unpaired) electrons. The molecule has 0 aromatic heterocycles. The molecule has 0 aliphatic carbocycles. The fraction of sp³-hybridized carbons (Fsp3) is 0.111. The molecule has 0 saturated heterocycles. The highest BCUT2D eigenvalue weighted by atomic mass is 79.9. The first-order valence-corrected chi connectivity index (χ1v) is 6.48. The Morgan fingerprint density at radius 2 is 1.59 bits per heavy atom. The predicted octanol–water partition coefficient (Wildman–Crippen LogP) is 3.91. The smallest absolute Gasteiger partial charge is 0.328 e. The molecular weight excluding hydrogens is 453 g/mol. The molecule has 94 valence electrons. The molecule has 1 rings (SSSR count). The molecular formula is C9H4Br3ClF2O2. The third kappa shape index (κ3) is 4.08. The van der Waals surface area contributed by atoms with Crippen molar-refractivity contribution in [3.05, 3.63) is 33.2 Å². The SMILES string of the molecule is FC(F)(Br)c1cc(=COBr)c(=COBr)cc1Cl. The molecule has 1 aromatic rings. The molecule has 0 fully saturated rings. The van der Waals surface area contributed by atoms with E-state index < -0.39 is 4.83 Å². The summed E-state index contributed by atoms with van der Waals surface area (Å²) >= 11 is 13.4. The van der Waals surface area contributed by atoms with Gasteiger partial charge in [-0.15, -0.1) is 0 Å². The van der Waals surface area contributed by atoms with Crippen LogP contribution in [-0.4, -0.2) is 0 Å². The van der Waals surface area contributed by atoms with Crippen LogP contribution in [0.15, 0.2) is 12.1 Å². The summed E-state index contributed by atoms with van der Waals surface area (Å²) in [6.07, 6.45) is 2.52. The van der Waals surface area contributed by atoms with Gasteiger partial charge in [-0.05, 0) is 28.1 Å². The van der Waals surface area contributed by atoms with E-state index in [1.807, 2.05) is 0 Å². The predicted molar refractivity (Wildman–Crippen MR) is 72.5 cm³/mol. The Hall–Kier alpha value is 0.150. The van der Waals surface area contributed by atoms with E-state index in [-0.39, 0.29) is 10.6 Å². The third-order valence-corrected chi connectivity index (χ3v) is 2.93. The molecule has 0 heterocycles. The minimum atomic E-state index is -3.22. The van der Waals surface area contributed by atoms with Crippen molar-refractivity contribution in [1.82, 2.24) is 0 Å². The highest BCUT2D eigenvalue weighted by molar-refractivity contribution is 9.09. The Morgan fingerprint density at radius 1 is 1.12 bits per heavy atom. The molecule has 0 unspecified atom stereocenters. The lowest BCUT2D eigenvalue weighted by Crippen LogP contribution is -2.27. The Morgan fingerprint density at radius 3 is 2.00 bits per heavy atom. The van der Waals surface area contributed by atoms with Crippen LogP contribution < -0.4 is 10.4 Å². The zero-order chi connectivity index (χ0) is 13.1. The van der Waals surface area contributed by atoms with Crippen LogP contribution in [-0.2, 0) is 12.5 Å². The van der Waals surface area contributed by atoms with E-state index in [1.165, 1.54) is 24.7 Å². The number of hydrogen-bond donors (Lipinski definition) is 0. The lowest BCUT2D eigenvalue weighted by molar-refractivity contribution is 0.114. The zero-order valence-corrected chi connectivity index (χ0v) is 13.4. The number of hydrogen-bond acceptors (Lipinski definition) is 2. The molecule has 0 aliphatic rings. The van der Waals surface area contributed by atoms with Crippen LogP contribution >= 0.6 is 60.0 Å². The van der Waals surface area contributed by atoms with Gasteiger partial charge in [-0.3, -0.25) is 0 Å². The second kappa shape index (κ2) is 6.36. The molecule has 0 N–H and O–H groups in total. The van der Waals surface area contributed by atoms with Gasteiger partial charge in [0, 0.05) is 10.4 Å². The monoisotopic (exact) mass is 454 g/mol. The molecule has 0 saturated carbocycles. The number of rotatable bonds is 3. The topological polar surface area (TPSA) is 18.5 Å². The maximum absolute atomic E-state index is 13.2. The molecule has 8 heteroatoms. The highest BCUT2D eigenvalue weighted by Crippen LogP contribution is 2.37. The molecule has 0 spiro atoms. The fourth-order valence-corrected chi connectivity index (χ4v) is 2.26. The van der Waals surface area contributed by atoms with E-state index in [9.17, 15) is 8.78 Å². The standard InChI is InChI=1S/C9H4Br3ClF2O2/c10-9(14,15)7-1-5(3-16-11)6(4-17-12)2-8(7)13/h1-4H. The quantitative estimate of drug-likeness (QED) is 0.641. The van der Waals surface area contributed by atoms with Crippen molar-refractivity contribution in [3.63, 3.8) is 0 Å². The van der Waals surface area contributed by atoms with E-state index in [1.54, 1.807) is 0 Å². The van der Waals surface area contributed by atoms with Crippen LogP contribution in [0.1, 0.15) is 5.56 Å². The van der Waals surface area contributed by atoms with Gasteiger partial charge in [-0.25, -0.2) is 0 Å². The van der Waals surface area contributed by atoms with Crippen molar-refractivity contribution in [1.29, 1.82) is 0 Å². The molecule has 17 heavy (non-hydrogen) atoms. The lowest BCUT2D eigenvalue weighted by Gasteiger charge is -2.10. The van der Waals surface area contributed by atoms with Gasteiger partial charge in [-0.2, -0.15) is 8.78 Å². The van der Waals surface area contributed by atoms with Gasteiger partial charge in [0.05, 0.1) is 10.6 Å². The van der Waals surface area contributed by atoms with Gasteiger partial charge < -0.3 is 7.66 Å². The van der Waals surface area contributed by atoms with Gasteiger partial charge in [0.1, 0.15) is 12.5 Å². The Bertz CT molecular complexity index is 516. The van der Waals surface area contributed by atoms with Crippen molar-refractivity contribution in [3.8, 4) is 0 Å². The molecule has 0 bridgehead atoms. The largest absolute Gasteiger partial charge is 0.425 e. The van der Waals surface area contributed by atoms with Gasteiger partial charge in [0.25, 0.3) is 0 Å². The first-order valence-electron chi connectivity index (χ1n) is 4.02. The second-order valence-electron chi connectivity index (χ2n) is 2.87. The average Bonchev–Trinajstić information content (AvgIpc) is 2.20. The van der Waals surface area contributed by atoms with Crippen LogP contribution in [0.5, 0.6) is 0 Å². The van der Waals surface area contributed by atoms with Crippen LogP contribution in [0.25, 0.3) is 12.5 Å². The molecule has 0 aliphatic heterocycles. The summed E-state index contributed by atoms with van der Waals surface area (Å²) in [6, 6.07) is 2.53. The van der Waals surface area contributed by atoms with Crippen molar-refractivity contribution < 1.29 is 16.4 Å². The number of alkyl halides is 3. The maximum atomic E-state index is 13.2. The van der Waals surface area contributed by atoms with Crippen molar-refractivity contribution in [2.75, 3.05) is 0 Å². The van der Waals surface area contributed by atoms with Crippen LogP contribution in [0, 0.1) is 0 Å². The molecule has 0 amide bonds. The van der Waals surface area contributed by atoms with Crippen molar-refractivity contribution >= 4 is 72.6 Å². The van der Waals surface area contributed by atoms with E-state index >= 15 is 0 Å². The van der Waals surface area contributed by atoms with Crippen LogP contribution in [0.4, 0.5) is 8.78 Å². The van der Waals surface area contributed by atoms with Crippen molar-refractivity contribution in [2.45, 2.75) is 4.83 Å². The minimum absolute atomic E-state index is 0.0885. The van der Waals surface area contributed by atoms with E-state index in [0.717, 1.165) is 0 Å². The number of benzene rings is 1. The molecule has 1 aromatic carbocycles. The summed E-state index contributed by atoms with van der Waals surface area (Å²) in [5.74, 6) is 0. The highest BCUT2D eigenvalue weighted by Gasteiger charge is 2.29. The summed E-state index contributed by atoms with van der Waals surface area (Å²) in [7, 11) is 0. The average molecular weight is 457 g/mol. The van der Waals surface area contributed by atoms with Crippen LogP contribution in [0.3, 0.4) is 0 Å². The Kier molecular flexibility index (Phi) is 5.69. The fourth-order valence-electron chi connectivity index (χ4n) is 1.12. The van der Waals surface area contributed by atoms with E-state index in [2.05, 4.69) is 56.1 Å². The summed E-state index contributed by atoms with van der Waals surface area (Å²) in [4.78, 5) is -3.22. The molecule has 2 nitrogen and oxygen atoms in total. The minimum Gasteiger partial charge on any atom is -0.425 e. The Labute approximate surface area is 126 Å². The first-order chi connectivity index (χ1) is 7.90. The second-order valence-corrected chi connectivity index (χ2v) is 5.02. The Balaban J connectivity index is 3.58. The summed E-state index contributed by atoms with van der Waals surface area (Å²) in [6.45, 7) is 0. The maximum Gasteiger partial charge on any atom is 0.328 e. The summed E-state index contributed by atoms with van der Waals surface area (Å²) < 4.78 is 35.6. The van der Waals surface area contributed by atoms with E-state index in [0.29, 0.717) is 10.4 Å². The first kappa shape index (κ1) is 15.2. The van der Waals surface area contributed by atoms with Gasteiger partial charge in [0.2, 0.25) is 0 Å². The zero-order valence-electron chi connectivity index (χ0n) is 7.89. The van der Waals surface area contributed by atoms with Crippen LogP contribution in [0.2, 0.25) is 5.02 Å². The van der Waals surface area contributed by atoms with Crippen molar-refractivity contribution in [2.24, 2.45) is 0 Å². The lowest BCUT2D eigenvalue weighted by atomic mass is 10.1. The normalized spacial score (nSPS) is 14.0. The van der Waals surface area contributed by atoms with Gasteiger partial charge >= 0.3 is 4.83 Å². The number of halogens is 6. The van der Waals surface area contributed by atoms with Gasteiger partial charge in [-0.1, -0.05) is 11.6 Å². The van der Waals surface area contributed by atoms with E-state index in [4.69, 9.17) is 11.6 Å².